The van der Waals surface area contributed by atoms with Gasteiger partial charge in [0.1, 0.15) is 5.76 Å². The van der Waals surface area contributed by atoms with Crippen molar-refractivity contribution in [2.75, 3.05) is 0 Å². The number of hydrogen-bond donors (Lipinski definition) is 1. The van der Waals surface area contributed by atoms with Crippen LogP contribution in [0.3, 0.4) is 0 Å². The van der Waals surface area contributed by atoms with Gasteiger partial charge in [0, 0.05) is 0 Å². The first-order valence-corrected chi connectivity index (χ1v) is 4.61. The quantitative estimate of drug-likeness (QED) is 0.829. The molecule has 4 heteroatoms. The van der Waals surface area contributed by atoms with Gasteiger partial charge in [0.2, 0.25) is 5.91 Å². The van der Waals surface area contributed by atoms with E-state index in [0.29, 0.717) is 10.4 Å². The van der Waals surface area contributed by atoms with Gasteiger partial charge < -0.3 is 9.73 Å². The van der Waals surface area contributed by atoms with Crippen LogP contribution in [0.2, 0.25) is 0 Å². The number of nitrogens with one attached hydrogen (secondary N) is 1. The van der Waals surface area contributed by atoms with Crippen LogP contribution in [0.15, 0.2) is 33.9 Å². The summed E-state index contributed by atoms with van der Waals surface area (Å²) < 4.78 is 5.91. The summed E-state index contributed by atoms with van der Waals surface area (Å²) in [5, 5.41) is 2.69. The highest BCUT2D eigenvalue weighted by molar-refractivity contribution is 9.10. The molecule has 1 aromatic rings. The van der Waals surface area contributed by atoms with E-state index >= 15 is 0 Å². The zero-order valence-electron chi connectivity index (χ0n) is 7.21. The van der Waals surface area contributed by atoms with Crippen molar-refractivity contribution in [2.24, 2.45) is 0 Å². The Labute approximate surface area is 84.9 Å². The fourth-order valence-electron chi connectivity index (χ4n) is 0.904. The van der Waals surface area contributed by atoms with E-state index in [4.69, 9.17) is 4.42 Å². The van der Waals surface area contributed by atoms with Crippen LogP contribution < -0.4 is 5.32 Å². The second-order valence-electron chi connectivity index (χ2n) is 2.58. The molecule has 0 aromatic carbocycles. The normalized spacial score (nSPS) is 12.2. The fraction of sp³-hybridized carbons (Fsp3) is 0.222. The minimum Gasteiger partial charge on any atom is -0.452 e. The maximum absolute atomic E-state index is 10.9. The van der Waals surface area contributed by atoms with Gasteiger partial charge in [0.15, 0.2) is 4.67 Å². The van der Waals surface area contributed by atoms with Gasteiger partial charge in [-0.25, -0.2) is 0 Å². The van der Waals surface area contributed by atoms with Gasteiger partial charge in [-0.15, -0.1) is 0 Å². The molecule has 1 atom stereocenters. The molecule has 0 aliphatic rings. The molecule has 0 aliphatic heterocycles. The molecule has 0 saturated carbocycles. The van der Waals surface area contributed by atoms with Crippen molar-refractivity contribution >= 4 is 21.8 Å². The first-order chi connectivity index (χ1) is 6.13. The lowest BCUT2D eigenvalue weighted by atomic mass is 10.2. The average Bonchev–Trinajstić information content (AvgIpc) is 2.51. The smallest absolute Gasteiger partial charge is 0.243 e. The highest BCUT2D eigenvalue weighted by atomic mass is 79.9. The minimum atomic E-state index is -0.208. The standard InChI is InChI=1S/C9H10BrNO2/c1-3-9(12)11-6(2)7-4-5-8(10)13-7/h3-6H,1H2,2H3,(H,11,12)/t6-/m0/s1. The molecule has 1 rings (SSSR count). The molecule has 1 heterocycles. The Morgan fingerprint density at radius 2 is 2.46 bits per heavy atom. The number of rotatable bonds is 3. The Morgan fingerprint density at radius 3 is 2.92 bits per heavy atom. The molecular formula is C9H10BrNO2. The number of furan rings is 1. The largest absolute Gasteiger partial charge is 0.452 e. The molecule has 1 N–H and O–H groups in total. The molecule has 0 radical (unpaired) electrons. The third-order valence-corrected chi connectivity index (χ3v) is 1.99. The summed E-state index contributed by atoms with van der Waals surface area (Å²) in [5.41, 5.74) is 0. The van der Waals surface area contributed by atoms with Crippen molar-refractivity contribution < 1.29 is 9.21 Å². The van der Waals surface area contributed by atoms with Crippen LogP contribution in [0.1, 0.15) is 18.7 Å². The second kappa shape index (κ2) is 4.28. The van der Waals surface area contributed by atoms with E-state index in [1.807, 2.05) is 6.92 Å². The van der Waals surface area contributed by atoms with Crippen molar-refractivity contribution in [1.82, 2.24) is 5.32 Å². The van der Waals surface area contributed by atoms with E-state index in [9.17, 15) is 4.79 Å². The number of carbonyl (C=O) groups is 1. The highest BCUT2D eigenvalue weighted by Crippen LogP contribution is 2.19. The van der Waals surface area contributed by atoms with Crippen molar-refractivity contribution in [3.63, 3.8) is 0 Å². The zero-order valence-corrected chi connectivity index (χ0v) is 8.80. The lowest BCUT2D eigenvalue weighted by Gasteiger charge is -2.08. The van der Waals surface area contributed by atoms with Crippen molar-refractivity contribution in [2.45, 2.75) is 13.0 Å². The van der Waals surface area contributed by atoms with E-state index in [-0.39, 0.29) is 11.9 Å². The van der Waals surface area contributed by atoms with Gasteiger partial charge >= 0.3 is 0 Å². The predicted octanol–water partition coefficient (Wildman–Crippen LogP) is 2.41. The molecule has 1 amide bonds. The topological polar surface area (TPSA) is 42.2 Å². The van der Waals surface area contributed by atoms with Crippen molar-refractivity contribution in [3.8, 4) is 0 Å². The Hall–Kier alpha value is -1.03. The third-order valence-electron chi connectivity index (χ3n) is 1.56. The van der Waals surface area contributed by atoms with Crippen LogP contribution in [0.5, 0.6) is 0 Å². The molecule has 0 saturated heterocycles. The number of carbonyl (C=O) groups excluding carboxylic acids is 1. The van der Waals surface area contributed by atoms with Gasteiger partial charge in [-0.05, 0) is 41.1 Å². The zero-order chi connectivity index (χ0) is 9.84. The van der Waals surface area contributed by atoms with Crippen LogP contribution in [0.4, 0.5) is 0 Å². The van der Waals surface area contributed by atoms with Crippen LogP contribution in [0, 0.1) is 0 Å². The molecule has 0 aliphatic carbocycles. The molecule has 0 fully saturated rings. The number of amides is 1. The lowest BCUT2D eigenvalue weighted by Crippen LogP contribution is -2.23. The SMILES string of the molecule is C=CC(=O)N[C@@H](C)c1ccc(Br)o1. The summed E-state index contributed by atoms with van der Waals surface area (Å²) in [6, 6.07) is 3.45. The van der Waals surface area contributed by atoms with Crippen molar-refractivity contribution in [1.29, 1.82) is 0 Å². The molecule has 0 bridgehead atoms. The lowest BCUT2D eigenvalue weighted by molar-refractivity contribution is -0.117. The van der Waals surface area contributed by atoms with Crippen LogP contribution in [0.25, 0.3) is 0 Å². The summed E-state index contributed by atoms with van der Waals surface area (Å²) >= 11 is 3.18. The first-order valence-electron chi connectivity index (χ1n) is 3.81. The van der Waals surface area contributed by atoms with E-state index < -0.39 is 0 Å². The average molecular weight is 244 g/mol. The van der Waals surface area contributed by atoms with Gasteiger partial charge in [0.25, 0.3) is 0 Å². The summed E-state index contributed by atoms with van der Waals surface area (Å²) in [7, 11) is 0. The second-order valence-corrected chi connectivity index (χ2v) is 3.36. The number of halogens is 1. The van der Waals surface area contributed by atoms with Crippen LogP contribution in [-0.4, -0.2) is 5.91 Å². The molecule has 0 unspecified atom stereocenters. The van der Waals surface area contributed by atoms with Gasteiger partial charge in [-0.2, -0.15) is 0 Å². The molecular weight excluding hydrogens is 234 g/mol. The van der Waals surface area contributed by atoms with Crippen molar-refractivity contribution in [3.05, 3.63) is 35.2 Å². The Kier molecular flexibility index (Phi) is 3.31. The van der Waals surface area contributed by atoms with E-state index in [1.165, 1.54) is 6.08 Å². The summed E-state index contributed by atoms with van der Waals surface area (Å²) in [6.07, 6.45) is 1.23. The summed E-state index contributed by atoms with van der Waals surface area (Å²) in [6.45, 7) is 5.20. The molecule has 13 heavy (non-hydrogen) atoms. The Balaban J connectivity index is 2.63. The minimum absolute atomic E-state index is 0.142. The Bertz CT molecular complexity index is 319. The maximum atomic E-state index is 10.9. The molecule has 3 nitrogen and oxygen atoms in total. The summed E-state index contributed by atoms with van der Waals surface area (Å²) in [4.78, 5) is 10.9. The van der Waals surface area contributed by atoms with Gasteiger partial charge in [-0.3, -0.25) is 4.79 Å². The van der Waals surface area contributed by atoms with Crippen LogP contribution in [-0.2, 0) is 4.79 Å². The molecule has 0 spiro atoms. The van der Waals surface area contributed by atoms with E-state index in [1.54, 1.807) is 12.1 Å². The highest BCUT2D eigenvalue weighted by Gasteiger charge is 2.10. The monoisotopic (exact) mass is 243 g/mol. The Morgan fingerprint density at radius 1 is 1.77 bits per heavy atom. The van der Waals surface area contributed by atoms with Crippen LogP contribution >= 0.6 is 15.9 Å². The predicted molar refractivity (Wildman–Crippen MR) is 53.2 cm³/mol. The van der Waals surface area contributed by atoms with Gasteiger partial charge in [-0.1, -0.05) is 6.58 Å². The first kappa shape index (κ1) is 10.1. The third kappa shape index (κ3) is 2.73. The summed E-state index contributed by atoms with van der Waals surface area (Å²) in [5.74, 6) is 0.502. The molecule has 70 valence electrons. The van der Waals surface area contributed by atoms with E-state index in [0.717, 1.165) is 0 Å². The maximum Gasteiger partial charge on any atom is 0.243 e. The molecule has 1 aromatic heterocycles. The fourth-order valence-corrected chi connectivity index (χ4v) is 1.22. The number of hydrogen-bond acceptors (Lipinski definition) is 2. The van der Waals surface area contributed by atoms with Gasteiger partial charge in [0.05, 0.1) is 6.04 Å². The van der Waals surface area contributed by atoms with E-state index in [2.05, 4.69) is 27.8 Å².